The second-order valence-electron chi connectivity index (χ2n) is 6.18. The quantitative estimate of drug-likeness (QED) is 0.811. The fourth-order valence-electron chi connectivity index (χ4n) is 3.15. The number of benzene rings is 1. The topological polar surface area (TPSA) is 29.5 Å². The van der Waals surface area contributed by atoms with Crippen LogP contribution in [-0.2, 0) is 9.53 Å². The summed E-state index contributed by atoms with van der Waals surface area (Å²) >= 11 is 3.45. The predicted octanol–water partition coefficient (Wildman–Crippen LogP) is 3.58. The first-order valence-corrected chi connectivity index (χ1v) is 8.56. The molecule has 0 unspecified atom stereocenters. The van der Waals surface area contributed by atoms with Crippen LogP contribution in [-0.4, -0.2) is 37.1 Å². The average molecular weight is 352 g/mol. The van der Waals surface area contributed by atoms with Crippen LogP contribution in [0, 0.1) is 5.92 Å². The van der Waals surface area contributed by atoms with Gasteiger partial charge in [0.15, 0.2) is 0 Å². The van der Waals surface area contributed by atoms with Crippen molar-refractivity contribution in [3.63, 3.8) is 0 Å². The van der Waals surface area contributed by atoms with Crippen molar-refractivity contribution in [3.05, 3.63) is 34.3 Å². The van der Waals surface area contributed by atoms with Gasteiger partial charge in [0.2, 0.25) is 5.91 Å². The van der Waals surface area contributed by atoms with E-state index in [1.165, 1.54) is 5.56 Å². The van der Waals surface area contributed by atoms with Crippen LogP contribution in [0.4, 0.5) is 0 Å². The fourth-order valence-corrected chi connectivity index (χ4v) is 3.41. The van der Waals surface area contributed by atoms with E-state index >= 15 is 0 Å². The van der Waals surface area contributed by atoms with Gasteiger partial charge in [-0.15, -0.1) is 0 Å². The Bertz CT molecular complexity index is 496. The maximum atomic E-state index is 12.4. The molecule has 0 bridgehead atoms. The normalized spacial score (nSPS) is 27.6. The molecule has 1 aliphatic heterocycles. The van der Waals surface area contributed by atoms with Gasteiger partial charge in [0.05, 0.1) is 6.10 Å². The van der Waals surface area contributed by atoms with E-state index in [0.717, 1.165) is 43.3 Å². The van der Waals surface area contributed by atoms with Crippen LogP contribution in [0.25, 0.3) is 0 Å². The van der Waals surface area contributed by atoms with Crippen molar-refractivity contribution < 1.29 is 9.53 Å². The van der Waals surface area contributed by atoms with Gasteiger partial charge in [0.1, 0.15) is 0 Å². The van der Waals surface area contributed by atoms with Crippen molar-refractivity contribution >= 4 is 21.8 Å². The third kappa shape index (κ3) is 3.67. The minimum absolute atomic E-state index is 0.181. The van der Waals surface area contributed by atoms with Gasteiger partial charge >= 0.3 is 0 Å². The molecule has 0 N–H and O–H groups in total. The summed E-state index contributed by atoms with van der Waals surface area (Å²) in [6.45, 7) is 1.70. The highest BCUT2D eigenvalue weighted by atomic mass is 79.9. The van der Waals surface area contributed by atoms with E-state index < -0.39 is 0 Å². The molecule has 1 heterocycles. The minimum Gasteiger partial charge on any atom is -0.378 e. The highest BCUT2D eigenvalue weighted by Gasteiger charge is 2.45. The lowest BCUT2D eigenvalue weighted by atomic mass is 10.1. The molecular formula is C17H22BrNO2. The molecule has 2 fully saturated rings. The summed E-state index contributed by atoms with van der Waals surface area (Å²) in [6, 6.07) is 8.34. The molecule has 3 nitrogen and oxygen atoms in total. The van der Waals surface area contributed by atoms with Crippen molar-refractivity contribution in [2.24, 2.45) is 5.92 Å². The number of carbonyl (C=O) groups is 1. The van der Waals surface area contributed by atoms with Gasteiger partial charge in [-0.1, -0.05) is 28.1 Å². The van der Waals surface area contributed by atoms with E-state index in [9.17, 15) is 4.79 Å². The van der Waals surface area contributed by atoms with Crippen LogP contribution < -0.4 is 0 Å². The molecular weight excluding hydrogens is 330 g/mol. The number of halogens is 1. The van der Waals surface area contributed by atoms with Gasteiger partial charge in [-0.2, -0.15) is 0 Å². The predicted molar refractivity (Wildman–Crippen MR) is 86.2 cm³/mol. The Morgan fingerprint density at radius 1 is 1.38 bits per heavy atom. The Labute approximate surface area is 134 Å². The summed E-state index contributed by atoms with van der Waals surface area (Å²) in [7, 11) is 1.92. The third-order valence-corrected chi connectivity index (χ3v) is 5.12. The number of nitrogens with zero attached hydrogens (tertiary/aromatic N) is 1. The first-order valence-electron chi connectivity index (χ1n) is 7.77. The van der Waals surface area contributed by atoms with Gasteiger partial charge in [-0.3, -0.25) is 4.79 Å². The van der Waals surface area contributed by atoms with E-state index in [1.54, 1.807) is 0 Å². The Balaban J connectivity index is 1.48. The van der Waals surface area contributed by atoms with Crippen LogP contribution in [0.2, 0.25) is 0 Å². The smallest absolute Gasteiger partial charge is 0.226 e. The highest BCUT2D eigenvalue weighted by molar-refractivity contribution is 9.10. The van der Waals surface area contributed by atoms with Crippen LogP contribution in [0.3, 0.4) is 0 Å². The molecule has 1 saturated carbocycles. The largest absolute Gasteiger partial charge is 0.378 e. The number of hydrogen-bond donors (Lipinski definition) is 0. The summed E-state index contributed by atoms with van der Waals surface area (Å²) in [4.78, 5) is 14.3. The molecule has 3 rings (SSSR count). The van der Waals surface area contributed by atoms with Gasteiger partial charge in [-0.05, 0) is 49.3 Å². The molecule has 114 valence electrons. The maximum absolute atomic E-state index is 12.4. The third-order valence-electron chi connectivity index (χ3n) is 4.59. The fraction of sp³-hybridized carbons (Fsp3) is 0.588. The monoisotopic (exact) mass is 351 g/mol. The number of rotatable bonds is 5. The molecule has 4 heteroatoms. The lowest BCUT2D eigenvalue weighted by Gasteiger charge is -2.19. The molecule has 0 radical (unpaired) electrons. The van der Waals surface area contributed by atoms with Gasteiger partial charge in [0.25, 0.3) is 0 Å². The summed E-state index contributed by atoms with van der Waals surface area (Å²) in [6.07, 6.45) is 4.63. The van der Waals surface area contributed by atoms with E-state index in [1.807, 2.05) is 11.9 Å². The summed E-state index contributed by atoms with van der Waals surface area (Å²) < 4.78 is 6.70. The lowest BCUT2D eigenvalue weighted by Crippen LogP contribution is -2.31. The molecule has 2 aliphatic rings. The van der Waals surface area contributed by atoms with E-state index in [4.69, 9.17) is 4.74 Å². The van der Waals surface area contributed by atoms with Crippen LogP contribution >= 0.6 is 15.9 Å². The zero-order valence-corrected chi connectivity index (χ0v) is 14.0. The van der Waals surface area contributed by atoms with Crippen molar-refractivity contribution in [2.75, 3.05) is 20.2 Å². The molecule has 1 saturated heterocycles. The van der Waals surface area contributed by atoms with Crippen molar-refractivity contribution in [3.8, 4) is 0 Å². The van der Waals surface area contributed by atoms with E-state index in [2.05, 4.69) is 40.2 Å². The molecule has 1 amide bonds. The molecule has 1 aromatic carbocycles. The minimum atomic E-state index is 0.181. The van der Waals surface area contributed by atoms with Gasteiger partial charge in [-0.25, -0.2) is 0 Å². The van der Waals surface area contributed by atoms with Crippen LogP contribution in [0.15, 0.2) is 28.7 Å². The first kappa shape index (κ1) is 15.0. The van der Waals surface area contributed by atoms with E-state index in [-0.39, 0.29) is 5.92 Å². The number of carbonyl (C=O) groups excluding carboxylic acids is 1. The molecule has 0 aromatic heterocycles. The zero-order chi connectivity index (χ0) is 14.8. The van der Waals surface area contributed by atoms with Gasteiger partial charge in [0, 0.05) is 30.6 Å². The van der Waals surface area contributed by atoms with E-state index in [0.29, 0.717) is 17.9 Å². The standard InChI is InChI=1S/C17H22BrNO2/c1-19(9-8-14-3-2-10-21-14)17(20)16-11-15(16)12-4-6-13(18)7-5-12/h4-7,14-16H,2-3,8-11H2,1H3/t14-,15-,16-/m0/s1. The second kappa shape index (κ2) is 6.49. The Morgan fingerprint density at radius 3 is 2.81 bits per heavy atom. The van der Waals surface area contributed by atoms with Crippen molar-refractivity contribution in [1.29, 1.82) is 0 Å². The maximum Gasteiger partial charge on any atom is 0.226 e. The van der Waals surface area contributed by atoms with Gasteiger partial charge < -0.3 is 9.64 Å². The molecule has 0 spiro atoms. The Hall–Kier alpha value is -0.870. The zero-order valence-electron chi connectivity index (χ0n) is 12.4. The first-order chi connectivity index (χ1) is 10.1. The number of ether oxygens (including phenoxy) is 1. The Morgan fingerprint density at radius 2 is 2.14 bits per heavy atom. The molecule has 3 atom stereocenters. The second-order valence-corrected chi connectivity index (χ2v) is 7.10. The highest BCUT2D eigenvalue weighted by Crippen LogP contribution is 2.48. The number of amides is 1. The van der Waals surface area contributed by atoms with Crippen LogP contribution in [0.1, 0.15) is 37.2 Å². The molecule has 1 aromatic rings. The molecule has 21 heavy (non-hydrogen) atoms. The SMILES string of the molecule is CN(CC[C@@H]1CCCO1)C(=O)[C@H]1C[C@H]1c1ccc(Br)cc1. The average Bonchev–Trinajstić information content (AvgIpc) is 3.11. The van der Waals surface area contributed by atoms with Crippen molar-refractivity contribution in [1.82, 2.24) is 4.90 Å². The summed E-state index contributed by atoms with van der Waals surface area (Å²) in [5, 5.41) is 0. The lowest BCUT2D eigenvalue weighted by molar-refractivity contribution is -0.131. The molecule has 1 aliphatic carbocycles. The Kier molecular flexibility index (Phi) is 4.65. The van der Waals surface area contributed by atoms with Crippen molar-refractivity contribution in [2.45, 2.75) is 37.7 Å². The number of hydrogen-bond acceptors (Lipinski definition) is 2. The summed E-state index contributed by atoms with van der Waals surface area (Å²) in [5.41, 5.74) is 1.28. The summed E-state index contributed by atoms with van der Waals surface area (Å²) in [5.74, 6) is 0.886. The van der Waals surface area contributed by atoms with Crippen LogP contribution in [0.5, 0.6) is 0 Å².